The molecule has 23 heavy (non-hydrogen) atoms. The normalized spacial score (nSPS) is 14.4. The lowest BCUT2D eigenvalue weighted by Gasteiger charge is -2.20. The molecule has 1 aliphatic rings. The summed E-state index contributed by atoms with van der Waals surface area (Å²) < 4.78 is 16.3. The number of hydrogen-bond donors (Lipinski definition) is 0. The molecule has 124 valence electrons. The molecule has 0 bridgehead atoms. The van der Waals surface area contributed by atoms with Crippen LogP contribution in [0.4, 0.5) is 0 Å². The molecule has 1 aromatic carbocycles. The van der Waals surface area contributed by atoms with Crippen LogP contribution in [0.5, 0.6) is 11.5 Å². The summed E-state index contributed by atoms with van der Waals surface area (Å²) in [5, 5.41) is 8.07. The lowest BCUT2D eigenvalue weighted by molar-refractivity contribution is 0.174. The van der Waals surface area contributed by atoms with Gasteiger partial charge in [0.15, 0.2) is 11.5 Å². The first-order valence-corrected chi connectivity index (χ1v) is 8.02. The topological polar surface area (TPSA) is 60.6 Å². The molecule has 0 aliphatic carbocycles. The van der Waals surface area contributed by atoms with E-state index < -0.39 is 0 Å². The van der Waals surface area contributed by atoms with E-state index in [0.29, 0.717) is 31.0 Å². The summed E-state index contributed by atoms with van der Waals surface area (Å²) in [4.78, 5) is 2.21. The maximum Gasteiger partial charge on any atom is 0.231 e. The van der Waals surface area contributed by atoms with Gasteiger partial charge in [-0.2, -0.15) is 0 Å². The second-order valence-corrected chi connectivity index (χ2v) is 6.14. The highest BCUT2D eigenvalue weighted by Crippen LogP contribution is 2.33. The van der Waals surface area contributed by atoms with Gasteiger partial charge in [-0.15, -0.1) is 10.2 Å². The van der Waals surface area contributed by atoms with E-state index in [1.807, 2.05) is 13.0 Å². The Balaban J connectivity index is 1.51. The first-order valence-electron chi connectivity index (χ1n) is 8.02. The first kappa shape index (κ1) is 15.8. The Morgan fingerprint density at radius 1 is 1.17 bits per heavy atom. The Hall–Kier alpha value is -2.08. The molecule has 0 saturated carbocycles. The van der Waals surface area contributed by atoms with E-state index in [1.54, 1.807) is 0 Å². The first-order chi connectivity index (χ1) is 11.1. The van der Waals surface area contributed by atoms with Crippen LogP contribution in [0.1, 0.15) is 31.2 Å². The molecule has 2 heterocycles. The van der Waals surface area contributed by atoms with Crippen molar-refractivity contribution in [3.63, 3.8) is 0 Å². The van der Waals surface area contributed by atoms with Crippen LogP contribution in [0.3, 0.4) is 0 Å². The lowest BCUT2D eigenvalue weighted by Crippen LogP contribution is -2.25. The molecular formula is C17H23N3O3. The van der Waals surface area contributed by atoms with Gasteiger partial charge in [0, 0.05) is 13.0 Å². The van der Waals surface area contributed by atoms with E-state index in [2.05, 4.69) is 41.2 Å². The van der Waals surface area contributed by atoms with Gasteiger partial charge in [0.25, 0.3) is 0 Å². The zero-order valence-electron chi connectivity index (χ0n) is 13.9. The van der Waals surface area contributed by atoms with Crippen molar-refractivity contribution in [1.82, 2.24) is 15.1 Å². The number of ether oxygens (including phenoxy) is 2. The quantitative estimate of drug-likeness (QED) is 0.782. The van der Waals surface area contributed by atoms with Gasteiger partial charge < -0.3 is 13.9 Å². The summed E-state index contributed by atoms with van der Waals surface area (Å²) in [6, 6.07) is 6.17. The second-order valence-electron chi connectivity index (χ2n) is 6.14. The Bertz CT molecular complexity index is 656. The summed E-state index contributed by atoms with van der Waals surface area (Å²) in [5.74, 6) is 3.57. The molecule has 0 N–H and O–H groups in total. The number of fused-ring (bicyclic) bond motifs is 1. The highest BCUT2D eigenvalue weighted by molar-refractivity contribution is 5.44. The van der Waals surface area contributed by atoms with E-state index in [4.69, 9.17) is 13.9 Å². The van der Waals surface area contributed by atoms with Gasteiger partial charge in [-0.05, 0) is 37.1 Å². The van der Waals surface area contributed by atoms with Crippen molar-refractivity contribution in [3.8, 4) is 11.5 Å². The molecule has 3 rings (SSSR count). The highest BCUT2D eigenvalue weighted by atomic mass is 16.7. The van der Waals surface area contributed by atoms with Gasteiger partial charge in [0.05, 0.1) is 6.54 Å². The second kappa shape index (κ2) is 7.00. The Kier molecular flexibility index (Phi) is 4.81. The Morgan fingerprint density at radius 2 is 1.96 bits per heavy atom. The highest BCUT2D eigenvalue weighted by Gasteiger charge is 2.15. The number of benzene rings is 1. The van der Waals surface area contributed by atoms with Crippen LogP contribution in [0.15, 0.2) is 22.6 Å². The van der Waals surface area contributed by atoms with Crippen molar-refractivity contribution in [2.24, 2.45) is 5.92 Å². The third-order valence-corrected chi connectivity index (χ3v) is 3.86. The molecule has 1 aromatic heterocycles. The molecule has 0 spiro atoms. The fourth-order valence-electron chi connectivity index (χ4n) is 2.86. The molecule has 1 atom stereocenters. The molecule has 1 aliphatic heterocycles. The van der Waals surface area contributed by atoms with Crippen LogP contribution < -0.4 is 9.47 Å². The van der Waals surface area contributed by atoms with Crippen LogP contribution in [-0.4, -0.2) is 35.5 Å². The summed E-state index contributed by atoms with van der Waals surface area (Å²) >= 11 is 0. The molecule has 2 aromatic rings. The maximum atomic E-state index is 5.56. The third kappa shape index (κ3) is 4.01. The number of aromatic nitrogens is 2. The van der Waals surface area contributed by atoms with Crippen molar-refractivity contribution in [3.05, 3.63) is 35.5 Å². The van der Waals surface area contributed by atoms with Crippen molar-refractivity contribution in [2.75, 3.05) is 20.4 Å². The van der Waals surface area contributed by atoms with E-state index in [0.717, 1.165) is 30.9 Å². The number of nitrogens with zero attached hydrogens (tertiary/aromatic N) is 3. The minimum absolute atomic E-state index is 0.320. The predicted molar refractivity (Wildman–Crippen MR) is 85.4 cm³/mol. The zero-order chi connectivity index (χ0) is 16.2. The largest absolute Gasteiger partial charge is 0.454 e. The van der Waals surface area contributed by atoms with Gasteiger partial charge in [-0.25, -0.2) is 0 Å². The molecule has 0 unspecified atom stereocenters. The average molecular weight is 317 g/mol. The minimum atomic E-state index is 0.320. The zero-order valence-corrected chi connectivity index (χ0v) is 13.9. The van der Waals surface area contributed by atoms with Crippen molar-refractivity contribution in [1.29, 1.82) is 0 Å². The predicted octanol–water partition coefficient (Wildman–Crippen LogP) is 2.67. The summed E-state index contributed by atoms with van der Waals surface area (Å²) in [6.07, 6.45) is 1.77. The number of rotatable bonds is 7. The monoisotopic (exact) mass is 317 g/mol. The van der Waals surface area contributed by atoms with E-state index in [-0.39, 0.29) is 0 Å². The molecule has 0 amide bonds. The summed E-state index contributed by atoms with van der Waals surface area (Å²) in [6.45, 7) is 6.21. The van der Waals surface area contributed by atoms with E-state index in [9.17, 15) is 0 Å². The van der Waals surface area contributed by atoms with Crippen LogP contribution in [0.25, 0.3) is 0 Å². The molecule has 0 radical (unpaired) electrons. The summed E-state index contributed by atoms with van der Waals surface area (Å²) in [7, 11) is 2.08. The van der Waals surface area contributed by atoms with Gasteiger partial charge in [-0.1, -0.05) is 19.9 Å². The molecule has 0 saturated heterocycles. The average Bonchev–Trinajstić information content (AvgIpc) is 3.15. The SMILES string of the molecule is CCc1nnc(CN(C)C[C@@H](C)Cc2ccc3c(c2)OCO3)o1. The van der Waals surface area contributed by atoms with E-state index >= 15 is 0 Å². The van der Waals surface area contributed by atoms with Crippen molar-refractivity contribution in [2.45, 2.75) is 33.2 Å². The maximum absolute atomic E-state index is 5.56. The number of aryl methyl sites for hydroxylation is 1. The molecule has 6 heteroatoms. The molecule has 6 nitrogen and oxygen atoms in total. The molecular weight excluding hydrogens is 294 g/mol. The fourth-order valence-corrected chi connectivity index (χ4v) is 2.86. The standard InChI is InChI=1S/C17H23N3O3/c1-4-16-18-19-17(23-16)10-20(3)9-12(2)7-13-5-6-14-15(8-13)22-11-21-14/h5-6,8,12H,4,7,9-11H2,1-3H3/t12-/m0/s1. The van der Waals surface area contributed by atoms with Gasteiger partial charge in [-0.3, -0.25) is 4.90 Å². The third-order valence-electron chi connectivity index (χ3n) is 3.86. The Labute approximate surface area is 136 Å². The van der Waals surface area contributed by atoms with Crippen LogP contribution >= 0.6 is 0 Å². The van der Waals surface area contributed by atoms with Crippen molar-refractivity contribution < 1.29 is 13.9 Å². The van der Waals surface area contributed by atoms with Crippen LogP contribution in [-0.2, 0) is 19.4 Å². The van der Waals surface area contributed by atoms with E-state index in [1.165, 1.54) is 5.56 Å². The molecule has 0 fully saturated rings. The Morgan fingerprint density at radius 3 is 2.74 bits per heavy atom. The fraction of sp³-hybridized carbons (Fsp3) is 0.529. The van der Waals surface area contributed by atoms with Crippen LogP contribution in [0, 0.1) is 5.92 Å². The van der Waals surface area contributed by atoms with Crippen LogP contribution in [0.2, 0.25) is 0 Å². The number of hydrogen-bond acceptors (Lipinski definition) is 6. The summed E-state index contributed by atoms with van der Waals surface area (Å²) in [5.41, 5.74) is 1.27. The van der Waals surface area contributed by atoms with Gasteiger partial charge >= 0.3 is 0 Å². The smallest absolute Gasteiger partial charge is 0.231 e. The minimum Gasteiger partial charge on any atom is -0.454 e. The van der Waals surface area contributed by atoms with Gasteiger partial charge in [0.1, 0.15) is 0 Å². The lowest BCUT2D eigenvalue weighted by atomic mass is 10.0. The van der Waals surface area contributed by atoms with Gasteiger partial charge in [0.2, 0.25) is 18.6 Å². The van der Waals surface area contributed by atoms with Crippen molar-refractivity contribution >= 4 is 0 Å².